The highest BCUT2D eigenvalue weighted by Crippen LogP contribution is 2.31. The third-order valence-electron chi connectivity index (χ3n) is 2.16. The van der Waals surface area contributed by atoms with Gasteiger partial charge in [-0.25, -0.2) is 0 Å². The van der Waals surface area contributed by atoms with Crippen molar-refractivity contribution in [2.75, 3.05) is 14.1 Å². The molecule has 0 spiro atoms. The molecule has 2 heteroatoms. The monoisotopic (exact) mass is 249 g/mol. The van der Waals surface area contributed by atoms with Gasteiger partial charge in [0.2, 0.25) is 0 Å². The number of hydrogen-bond donors (Lipinski definition) is 0. The summed E-state index contributed by atoms with van der Waals surface area (Å²) in [5.41, 5.74) is 3.87. The first-order valence-electron chi connectivity index (χ1n) is 4.53. The molecule has 1 nitrogen and oxygen atoms in total. The Balaban J connectivity index is 2.45. The molecule has 1 aliphatic rings. The van der Waals surface area contributed by atoms with Crippen molar-refractivity contribution in [1.29, 1.82) is 0 Å². The van der Waals surface area contributed by atoms with E-state index in [0.29, 0.717) is 0 Å². The van der Waals surface area contributed by atoms with Gasteiger partial charge < -0.3 is 4.90 Å². The molecule has 0 unspecified atom stereocenters. The molecule has 0 N–H and O–H groups in total. The van der Waals surface area contributed by atoms with Crippen LogP contribution in [0.5, 0.6) is 0 Å². The average molecular weight is 250 g/mol. The van der Waals surface area contributed by atoms with Crippen LogP contribution >= 0.6 is 15.9 Å². The first-order valence-corrected chi connectivity index (χ1v) is 5.32. The van der Waals surface area contributed by atoms with Gasteiger partial charge in [0, 0.05) is 24.8 Å². The second-order valence-corrected chi connectivity index (χ2v) is 4.53. The first kappa shape index (κ1) is 9.53. The lowest BCUT2D eigenvalue weighted by Gasteiger charge is -2.07. The van der Waals surface area contributed by atoms with E-state index in [1.54, 1.807) is 0 Å². The third-order valence-corrected chi connectivity index (χ3v) is 2.66. The van der Waals surface area contributed by atoms with E-state index in [-0.39, 0.29) is 0 Å². The van der Waals surface area contributed by atoms with Crippen LogP contribution in [0.15, 0.2) is 34.9 Å². The molecule has 0 fully saturated rings. The normalized spacial score (nSPS) is 16.1. The van der Waals surface area contributed by atoms with Gasteiger partial charge in [-0.15, -0.1) is 0 Å². The lowest BCUT2D eigenvalue weighted by molar-refractivity contribution is 0.566. The smallest absolute Gasteiger partial charge is 0.0181 e. The molecule has 1 aromatic rings. The number of hydrogen-bond acceptors (Lipinski definition) is 1. The Bertz CT molecular complexity index is 416. The SMILES string of the molecule is CN(C)/C=C1\C=Cc2cc(Br)ccc21. The third kappa shape index (κ3) is 1.75. The van der Waals surface area contributed by atoms with E-state index in [1.165, 1.54) is 16.7 Å². The summed E-state index contributed by atoms with van der Waals surface area (Å²) in [7, 11) is 4.08. The van der Waals surface area contributed by atoms with Crippen molar-refractivity contribution in [2.24, 2.45) is 0 Å². The summed E-state index contributed by atoms with van der Waals surface area (Å²) in [6.45, 7) is 0. The fourth-order valence-electron chi connectivity index (χ4n) is 1.59. The van der Waals surface area contributed by atoms with Crippen molar-refractivity contribution >= 4 is 27.6 Å². The van der Waals surface area contributed by atoms with E-state index in [2.05, 4.69) is 57.4 Å². The predicted octanol–water partition coefficient (Wildman–Crippen LogP) is 3.38. The maximum atomic E-state index is 3.47. The summed E-state index contributed by atoms with van der Waals surface area (Å²) < 4.78 is 1.13. The number of nitrogens with zero attached hydrogens (tertiary/aromatic N) is 1. The maximum absolute atomic E-state index is 3.47. The quantitative estimate of drug-likeness (QED) is 0.738. The second kappa shape index (κ2) is 3.62. The number of rotatable bonds is 1. The van der Waals surface area contributed by atoms with Crippen molar-refractivity contribution in [3.05, 3.63) is 46.1 Å². The number of benzene rings is 1. The fourth-order valence-corrected chi connectivity index (χ4v) is 1.97. The summed E-state index contributed by atoms with van der Waals surface area (Å²) in [6, 6.07) is 6.37. The molecular weight excluding hydrogens is 238 g/mol. The van der Waals surface area contributed by atoms with Gasteiger partial charge in [-0.05, 0) is 28.8 Å². The van der Waals surface area contributed by atoms with Crippen LogP contribution in [0.25, 0.3) is 11.6 Å². The summed E-state index contributed by atoms with van der Waals surface area (Å²) in [6.07, 6.45) is 6.43. The molecule has 0 aliphatic heterocycles. The van der Waals surface area contributed by atoms with Gasteiger partial charge in [0.05, 0.1) is 0 Å². The van der Waals surface area contributed by atoms with Crippen LogP contribution in [-0.2, 0) is 0 Å². The standard InChI is InChI=1S/C12H12BrN/c1-14(2)8-10-4-3-9-7-11(13)5-6-12(9)10/h3-8H,1-2H3/b10-8+. The Morgan fingerprint density at radius 2 is 2.00 bits per heavy atom. The minimum Gasteiger partial charge on any atom is -0.383 e. The zero-order chi connectivity index (χ0) is 10.1. The van der Waals surface area contributed by atoms with Crippen LogP contribution in [0.1, 0.15) is 11.1 Å². The van der Waals surface area contributed by atoms with E-state index < -0.39 is 0 Å². The summed E-state index contributed by atoms with van der Waals surface area (Å²) in [4.78, 5) is 2.07. The molecule has 72 valence electrons. The van der Waals surface area contributed by atoms with Gasteiger partial charge in [-0.2, -0.15) is 0 Å². The Kier molecular flexibility index (Phi) is 2.46. The van der Waals surface area contributed by atoms with Crippen LogP contribution in [0, 0.1) is 0 Å². The Morgan fingerprint density at radius 1 is 1.21 bits per heavy atom. The average Bonchev–Trinajstić information content (AvgIpc) is 2.47. The minimum absolute atomic E-state index is 1.13. The van der Waals surface area contributed by atoms with Crippen molar-refractivity contribution < 1.29 is 0 Å². The van der Waals surface area contributed by atoms with Crippen LogP contribution in [0.4, 0.5) is 0 Å². The molecule has 0 radical (unpaired) electrons. The molecule has 0 aromatic heterocycles. The predicted molar refractivity (Wildman–Crippen MR) is 64.8 cm³/mol. The molecular formula is C12H12BrN. The van der Waals surface area contributed by atoms with Gasteiger partial charge >= 0.3 is 0 Å². The number of allylic oxidation sites excluding steroid dienone is 2. The highest BCUT2D eigenvalue weighted by molar-refractivity contribution is 9.10. The summed E-state index contributed by atoms with van der Waals surface area (Å²) in [5.74, 6) is 0. The summed E-state index contributed by atoms with van der Waals surface area (Å²) in [5, 5.41) is 0. The zero-order valence-corrected chi connectivity index (χ0v) is 9.88. The van der Waals surface area contributed by atoms with Crippen molar-refractivity contribution in [3.63, 3.8) is 0 Å². The lowest BCUT2D eigenvalue weighted by atomic mass is 10.1. The Labute approximate surface area is 92.9 Å². The van der Waals surface area contributed by atoms with E-state index in [1.807, 2.05) is 14.1 Å². The topological polar surface area (TPSA) is 3.24 Å². The molecule has 2 rings (SSSR count). The summed E-state index contributed by atoms with van der Waals surface area (Å²) >= 11 is 3.47. The van der Waals surface area contributed by atoms with Crippen molar-refractivity contribution in [3.8, 4) is 0 Å². The molecule has 0 heterocycles. The Hall–Kier alpha value is -1.02. The number of halogens is 1. The Morgan fingerprint density at radius 3 is 2.71 bits per heavy atom. The van der Waals surface area contributed by atoms with E-state index in [9.17, 15) is 0 Å². The van der Waals surface area contributed by atoms with Gasteiger partial charge in [0.25, 0.3) is 0 Å². The van der Waals surface area contributed by atoms with E-state index in [0.717, 1.165) is 4.47 Å². The largest absolute Gasteiger partial charge is 0.383 e. The number of fused-ring (bicyclic) bond motifs is 1. The van der Waals surface area contributed by atoms with Gasteiger partial charge in [0.1, 0.15) is 0 Å². The molecule has 0 saturated carbocycles. The maximum Gasteiger partial charge on any atom is 0.0181 e. The highest BCUT2D eigenvalue weighted by atomic mass is 79.9. The first-order chi connectivity index (χ1) is 6.66. The van der Waals surface area contributed by atoms with Crippen LogP contribution < -0.4 is 0 Å². The highest BCUT2D eigenvalue weighted by Gasteiger charge is 2.10. The minimum atomic E-state index is 1.13. The van der Waals surface area contributed by atoms with Crippen LogP contribution in [-0.4, -0.2) is 19.0 Å². The van der Waals surface area contributed by atoms with Gasteiger partial charge in [0.15, 0.2) is 0 Å². The van der Waals surface area contributed by atoms with Gasteiger partial charge in [-0.3, -0.25) is 0 Å². The molecule has 1 aliphatic carbocycles. The van der Waals surface area contributed by atoms with Crippen molar-refractivity contribution in [1.82, 2.24) is 4.90 Å². The second-order valence-electron chi connectivity index (χ2n) is 3.61. The molecule has 14 heavy (non-hydrogen) atoms. The molecule has 1 aromatic carbocycles. The van der Waals surface area contributed by atoms with Gasteiger partial charge in [-0.1, -0.05) is 34.1 Å². The molecule has 0 saturated heterocycles. The van der Waals surface area contributed by atoms with E-state index >= 15 is 0 Å². The lowest BCUT2D eigenvalue weighted by Crippen LogP contribution is -2.01. The molecule has 0 atom stereocenters. The molecule has 0 amide bonds. The zero-order valence-electron chi connectivity index (χ0n) is 8.29. The fraction of sp³-hybridized carbons (Fsp3) is 0.167. The van der Waals surface area contributed by atoms with Crippen molar-refractivity contribution in [2.45, 2.75) is 0 Å². The van der Waals surface area contributed by atoms with E-state index in [4.69, 9.17) is 0 Å². The molecule has 0 bridgehead atoms. The van der Waals surface area contributed by atoms with Crippen LogP contribution in [0.3, 0.4) is 0 Å². The van der Waals surface area contributed by atoms with Crippen LogP contribution in [0.2, 0.25) is 0 Å².